The van der Waals surface area contributed by atoms with Gasteiger partial charge in [0, 0.05) is 18.5 Å². The van der Waals surface area contributed by atoms with Gasteiger partial charge < -0.3 is 5.32 Å². The Labute approximate surface area is 121 Å². The van der Waals surface area contributed by atoms with Crippen LogP contribution in [0.4, 0.5) is 0 Å². The zero-order valence-corrected chi connectivity index (χ0v) is 12.6. The number of sulfonamides is 1. The van der Waals surface area contributed by atoms with Crippen molar-refractivity contribution in [3.05, 3.63) is 41.3 Å². The Morgan fingerprint density at radius 2 is 1.95 bits per heavy atom. The van der Waals surface area contributed by atoms with Gasteiger partial charge in [-0.1, -0.05) is 30.3 Å². The quantitative estimate of drug-likeness (QED) is 0.925. The molecule has 1 N–H and O–H groups in total. The minimum atomic E-state index is -3.35. The molecule has 1 unspecified atom stereocenters. The molecule has 0 aromatic heterocycles. The number of hydrogen-bond donors (Lipinski definition) is 1. The van der Waals surface area contributed by atoms with Crippen LogP contribution < -0.4 is 5.32 Å². The van der Waals surface area contributed by atoms with Crippen molar-refractivity contribution >= 4 is 16.1 Å². The molecule has 1 saturated heterocycles. The molecule has 5 heteroatoms. The van der Waals surface area contributed by atoms with Crippen molar-refractivity contribution in [3.63, 3.8) is 0 Å². The molecule has 110 valence electrons. The molecule has 1 aromatic rings. The van der Waals surface area contributed by atoms with Crippen LogP contribution >= 0.6 is 0 Å². The van der Waals surface area contributed by atoms with Crippen molar-refractivity contribution < 1.29 is 8.42 Å². The monoisotopic (exact) mass is 294 g/mol. The highest BCUT2D eigenvalue weighted by atomic mass is 32.2. The van der Waals surface area contributed by atoms with E-state index in [2.05, 4.69) is 5.32 Å². The average Bonchev–Trinajstić information content (AvgIpc) is 2.74. The van der Waals surface area contributed by atoms with Gasteiger partial charge in [-0.3, -0.25) is 0 Å². The smallest absolute Gasteiger partial charge is 0.236 e. The number of nitrogens with zero attached hydrogens (tertiary/aromatic N) is 1. The van der Waals surface area contributed by atoms with Gasteiger partial charge in [-0.25, -0.2) is 8.42 Å². The van der Waals surface area contributed by atoms with E-state index >= 15 is 0 Å². The number of nitrogens with one attached hydrogen (secondary N) is 1. The van der Waals surface area contributed by atoms with Crippen LogP contribution in [0.15, 0.2) is 35.7 Å². The zero-order chi connectivity index (χ0) is 14.4. The second-order valence-electron chi connectivity index (χ2n) is 5.11. The second kappa shape index (κ2) is 7.02. The zero-order valence-electron chi connectivity index (χ0n) is 11.8. The van der Waals surface area contributed by atoms with E-state index in [4.69, 9.17) is 0 Å². The first-order chi connectivity index (χ1) is 9.59. The Morgan fingerprint density at radius 3 is 2.70 bits per heavy atom. The predicted molar refractivity (Wildman–Crippen MR) is 82.7 cm³/mol. The highest BCUT2D eigenvalue weighted by Gasteiger charge is 2.24. The maximum Gasteiger partial charge on any atom is 0.236 e. The molecule has 4 nitrogen and oxygen atoms in total. The lowest BCUT2D eigenvalue weighted by Gasteiger charge is -2.24. The molecule has 0 aliphatic carbocycles. The molecule has 1 aliphatic rings. The lowest BCUT2D eigenvalue weighted by Crippen LogP contribution is -2.36. The first-order valence-electron chi connectivity index (χ1n) is 7.01. The molecule has 1 atom stereocenters. The summed E-state index contributed by atoms with van der Waals surface area (Å²) in [5.41, 5.74) is 0.895. The molecule has 20 heavy (non-hydrogen) atoms. The minimum absolute atomic E-state index is 0.0930. The fourth-order valence-electron chi connectivity index (χ4n) is 2.40. The SMILES string of the molecule is CN(C1CCCNCC1)S(=O)(=O)/C=C/c1ccccc1. The van der Waals surface area contributed by atoms with Crippen LogP contribution in [0.25, 0.3) is 6.08 Å². The Hall–Kier alpha value is -1.17. The van der Waals surface area contributed by atoms with Crippen molar-refractivity contribution in [1.82, 2.24) is 9.62 Å². The van der Waals surface area contributed by atoms with E-state index in [1.807, 2.05) is 30.3 Å². The maximum absolute atomic E-state index is 12.3. The lowest BCUT2D eigenvalue weighted by atomic mass is 10.1. The molecule has 0 saturated carbocycles. The molecule has 0 amide bonds. The summed E-state index contributed by atoms with van der Waals surface area (Å²) in [4.78, 5) is 0. The molecule has 2 rings (SSSR count). The van der Waals surface area contributed by atoms with Crippen LogP contribution in [-0.4, -0.2) is 38.9 Å². The third-order valence-corrected chi connectivity index (χ3v) is 5.27. The highest BCUT2D eigenvalue weighted by molar-refractivity contribution is 7.92. The van der Waals surface area contributed by atoms with Crippen LogP contribution in [0.2, 0.25) is 0 Å². The average molecular weight is 294 g/mol. The molecular formula is C15H22N2O2S. The third-order valence-electron chi connectivity index (χ3n) is 3.69. The molecule has 1 aliphatic heterocycles. The van der Waals surface area contributed by atoms with Gasteiger partial charge in [0.25, 0.3) is 0 Å². The first kappa shape index (κ1) is 15.2. The van der Waals surface area contributed by atoms with Crippen molar-refractivity contribution in [3.8, 4) is 0 Å². The fourth-order valence-corrected chi connectivity index (χ4v) is 3.54. The normalized spacial score (nSPS) is 21.2. The van der Waals surface area contributed by atoms with Gasteiger partial charge in [-0.15, -0.1) is 0 Å². The minimum Gasteiger partial charge on any atom is -0.317 e. The molecule has 0 radical (unpaired) electrons. The van der Waals surface area contributed by atoms with Crippen LogP contribution in [0.1, 0.15) is 24.8 Å². The van der Waals surface area contributed by atoms with E-state index in [9.17, 15) is 8.42 Å². The van der Waals surface area contributed by atoms with E-state index in [-0.39, 0.29) is 6.04 Å². The first-order valence-corrected chi connectivity index (χ1v) is 8.52. The van der Waals surface area contributed by atoms with Gasteiger partial charge in [0.15, 0.2) is 0 Å². The van der Waals surface area contributed by atoms with Gasteiger partial charge in [0.1, 0.15) is 0 Å². The Kier molecular flexibility index (Phi) is 5.34. The van der Waals surface area contributed by atoms with Crippen LogP contribution in [0.5, 0.6) is 0 Å². The summed E-state index contributed by atoms with van der Waals surface area (Å²) in [6.07, 6.45) is 4.46. The summed E-state index contributed by atoms with van der Waals surface area (Å²) < 4.78 is 26.2. The van der Waals surface area contributed by atoms with Gasteiger partial charge in [-0.2, -0.15) is 4.31 Å². The number of rotatable bonds is 4. The summed E-state index contributed by atoms with van der Waals surface area (Å²) in [6.45, 7) is 1.86. The third kappa shape index (κ3) is 4.16. The van der Waals surface area contributed by atoms with E-state index in [0.29, 0.717) is 0 Å². The number of benzene rings is 1. The highest BCUT2D eigenvalue weighted by Crippen LogP contribution is 2.17. The summed E-state index contributed by atoms with van der Waals surface area (Å²) >= 11 is 0. The van der Waals surface area contributed by atoms with Gasteiger partial charge in [-0.05, 0) is 44.0 Å². The predicted octanol–water partition coefficient (Wildman–Crippen LogP) is 2.06. The Balaban J connectivity index is 2.07. The number of hydrogen-bond acceptors (Lipinski definition) is 3. The fraction of sp³-hybridized carbons (Fsp3) is 0.467. The maximum atomic E-state index is 12.3. The summed E-state index contributed by atoms with van der Waals surface area (Å²) in [6, 6.07) is 9.58. The van der Waals surface area contributed by atoms with Crippen LogP contribution in [-0.2, 0) is 10.0 Å². The molecule has 0 spiro atoms. The Morgan fingerprint density at radius 1 is 1.20 bits per heavy atom. The standard InChI is InChI=1S/C15H22N2O2S/c1-17(15-8-5-11-16-12-9-15)20(18,19)13-10-14-6-3-2-4-7-14/h2-4,6-7,10,13,15-16H,5,8-9,11-12H2,1H3/b13-10+. The van der Waals surface area contributed by atoms with Gasteiger partial charge >= 0.3 is 0 Å². The topological polar surface area (TPSA) is 49.4 Å². The molecule has 1 fully saturated rings. The van der Waals surface area contributed by atoms with Crippen molar-refractivity contribution in [1.29, 1.82) is 0 Å². The Bertz CT molecular complexity index is 532. The summed E-state index contributed by atoms with van der Waals surface area (Å²) in [5, 5.41) is 4.61. The molecule has 1 aromatic carbocycles. The van der Waals surface area contributed by atoms with E-state index in [1.54, 1.807) is 13.1 Å². The van der Waals surface area contributed by atoms with E-state index < -0.39 is 10.0 Å². The largest absolute Gasteiger partial charge is 0.317 e. The van der Waals surface area contributed by atoms with Crippen LogP contribution in [0, 0.1) is 0 Å². The van der Waals surface area contributed by atoms with Crippen molar-refractivity contribution in [2.45, 2.75) is 25.3 Å². The molecule has 0 bridgehead atoms. The second-order valence-corrected chi connectivity index (χ2v) is 6.99. The van der Waals surface area contributed by atoms with E-state index in [1.165, 1.54) is 9.71 Å². The molecule has 1 heterocycles. The van der Waals surface area contributed by atoms with Gasteiger partial charge in [0.05, 0.1) is 0 Å². The van der Waals surface area contributed by atoms with Gasteiger partial charge in [0.2, 0.25) is 10.0 Å². The van der Waals surface area contributed by atoms with Crippen molar-refractivity contribution in [2.75, 3.05) is 20.1 Å². The summed E-state index contributed by atoms with van der Waals surface area (Å²) in [5.74, 6) is 0. The summed E-state index contributed by atoms with van der Waals surface area (Å²) in [7, 11) is -1.67. The molecular weight excluding hydrogens is 272 g/mol. The van der Waals surface area contributed by atoms with E-state index in [0.717, 1.165) is 37.9 Å². The van der Waals surface area contributed by atoms with Crippen molar-refractivity contribution in [2.24, 2.45) is 0 Å². The van der Waals surface area contributed by atoms with Crippen LogP contribution in [0.3, 0.4) is 0 Å². The lowest BCUT2D eigenvalue weighted by molar-refractivity contribution is 0.345.